The molecule has 0 unspecified atom stereocenters. The molecule has 0 aromatic heterocycles. The topological polar surface area (TPSA) is 67.4 Å². The smallest absolute Gasteiger partial charge is 0.408 e. The Labute approximate surface area is 227 Å². The molecule has 0 saturated carbocycles. The number of unbranched alkanes of at least 4 members (excludes halogenated alkanes) is 15. The molecule has 5 nitrogen and oxygen atoms in total. The van der Waals surface area contributed by atoms with Crippen LogP contribution in [0.2, 0.25) is 0 Å². The third-order valence-corrected chi connectivity index (χ3v) is 7.31. The van der Waals surface area contributed by atoms with Gasteiger partial charge in [-0.15, -0.1) is 0 Å². The highest BCUT2D eigenvalue weighted by atomic mass is 16.5. The summed E-state index contributed by atoms with van der Waals surface area (Å²) in [5.41, 5.74) is 0.922. The molecule has 0 bridgehead atoms. The molecule has 0 aliphatic carbocycles. The zero-order chi connectivity index (χ0) is 27.0. The van der Waals surface area contributed by atoms with Gasteiger partial charge in [0.15, 0.2) is 0 Å². The molecule has 0 heterocycles. The zero-order valence-electron chi connectivity index (χ0n) is 24.2. The lowest BCUT2D eigenvalue weighted by molar-refractivity contribution is -0.124. The zero-order valence-corrected chi connectivity index (χ0v) is 24.2. The van der Waals surface area contributed by atoms with E-state index in [9.17, 15) is 9.59 Å². The second-order valence-electron chi connectivity index (χ2n) is 10.7. The van der Waals surface area contributed by atoms with E-state index in [0.29, 0.717) is 6.54 Å². The third-order valence-electron chi connectivity index (χ3n) is 7.31. The Balaban J connectivity index is 2.04. The van der Waals surface area contributed by atoms with Crippen molar-refractivity contribution in [3.05, 3.63) is 35.9 Å². The van der Waals surface area contributed by atoms with Crippen LogP contribution in [0.1, 0.15) is 135 Å². The molecular weight excluding hydrogens is 460 g/mol. The second-order valence-corrected chi connectivity index (χ2v) is 10.7. The molecule has 0 fully saturated rings. The second kappa shape index (κ2) is 23.1. The molecule has 1 aromatic rings. The summed E-state index contributed by atoms with van der Waals surface area (Å²) >= 11 is 0. The van der Waals surface area contributed by atoms with Gasteiger partial charge in [0.1, 0.15) is 12.6 Å². The molecule has 0 aliphatic rings. The van der Waals surface area contributed by atoms with Gasteiger partial charge in [-0.1, -0.05) is 154 Å². The van der Waals surface area contributed by atoms with E-state index in [1.165, 1.54) is 89.9 Å². The number of amides is 2. The van der Waals surface area contributed by atoms with Crippen molar-refractivity contribution in [2.24, 2.45) is 5.92 Å². The molecule has 0 saturated heterocycles. The molecule has 2 N–H and O–H groups in total. The Bertz CT molecular complexity index is 680. The summed E-state index contributed by atoms with van der Waals surface area (Å²) < 4.78 is 5.31. The van der Waals surface area contributed by atoms with Crippen LogP contribution in [0.5, 0.6) is 0 Å². The normalized spacial score (nSPS) is 12.6. The van der Waals surface area contributed by atoms with E-state index in [-0.39, 0.29) is 18.4 Å². The van der Waals surface area contributed by atoms with Crippen LogP contribution in [0.25, 0.3) is 0 Å². The number of ether oxygens (including phenoxy) is 1. The monoisotopic (exact) mass is 516 g/mol. The first kappa shape index (κ1) is 33.0. The maximum atomic E-state index is 12.7. The third kappa shape index (κ3) is 18.0. The summed E-state index contributed by atoms with van der Waals surface area (Å²) in [7, 11) is 0. The van der Waals surface area contributed by atoms with Crippen molar-refractivity contribution < 1.29 is 14.3 Å². The van der Waals surface area contributed by atoms with E-state index in [1.807, 2.05) is 44.2 Å². The lowest BCUT2D eigenvalue weighted by Gasteiger charge is -2.23. The van der Waals surface area contributed by atoms with Crippen molar-refractivity contribution in [3.63, 3.8) is 0 Å². The Kier molecular flexibility index (Phi) is 20.6. The van der Waals surface area contributed by atoms with Gasteiger partial charge in [0.25, 0.3) is 0 Å². The van der Waals surface area contributed by atoms with E-state index in [1.54, 1.807) is 0 Å². The summed E-state index contributed by atoms with van der Waals surface area (Å²) in [6.07, 6.45) is 21.6. The van der Waals surface area contributed by atoms with Crippen molar-refractivity contribution in [3.8, 4) is 0 Å². The van der Waals surface area contributed by atoms with E-state index in [4.69, 9.17) is 4.74 Å². The number of rotatable bonds is 23. The van der Waals surface area contributed by atoms with Crippen molar-refractivity contribution in [2.45, 2.75) is 143 Å². The van der Waals surface area contributed by atoms with Gasteiger partial charge >= 0.3 is 6.09 Å². The van der Waals surface area contributed by atoms with Gasteiger partial charge in [0.2, 0.25) is 5.91 Å². The molecule has 212 valence electrons. The van der Waals surface area contributed by atoms with Crippen LogP contribution >= 0.6 is 0 Å². The average Bonchev–Trinajstić information content (AvgIpc) is 2.92. The fraction of sp³-hybridized carbons (Fsp3) is 0.750. The fourth-order valence-corrected chi connectivity index (χ4v) is 4.59. The van der Waals surface area contributed by atoms with Crippen LogP contribution in [0.15, 0.2) is 30.3 Å². The fourth-order valence-electron chi connectivity index (χ4n) is 4.59. The van der Waals surface area contributed by atoms with Gasteiger partial charge in [-0.25, -0.2) is 4.79 Å². The van der Waals surface area contributed by atoms with E-state index >= 15 is 0 Å². The Morgan fingerprint density at radius 3 is 1.70 bits per heavy atom. The molecule has 2 amide bonds. The Morgan fingerprint density at radius 1 is 0.730 bits per heavy atom. The van der Waals surface area contributed by atoms with E-state index in [0.717, 1.165) is 24.8 Å². The molecule has 0 aliphatic heterocycles. The number of hydrogen-bond donors (Lipinski definition) is 2. The molecule has 1 aromatic carbocycles. The summed E-state index contributed by atoms with van der Waals surface area (Å²) in [6.45, 7) is 7.14. The predicted octanol–water partition coefficient (Wildman–Crippen LogP) is 8.71. The maximum Gasteiger partial charge on any atom is 0.408 e. The summed E-state index contributed by atoms with van der Waals surface area (Å²) in [4.78, 5) is 25.0. The molecule has 2 atom stereocenters. The lowest BCUT2D eigenvalue weighted by atomic mass is 9.98. The largest absolute Gasteiger partial charge is 0.445 e. The van der Waals surface area contributed by atoms with E-state index in [2.05, 4.69) is 17.6 Å². The molecule has 0 spiro atoms. The van der Waals surface area contributed by atoms with Crippen molar-refractivity contribution >= 4 is 12.0 Å². The first-order valence-electron chi connectivity index (χ1n) is 15.3. The highest BCUT2D eigenvalue weighted by molar-refractivity contribution is 5.85. The number of carbonyl (C=O) groups excluding carboxylic acids is 2. The van der Waals surface area contributed by atoms with Crippen molar-refractivity contribution in [2.75, 3.05) is 6.54 Å². The highest BCUT2D eigenvalue weighted by Crippen LogP contribution is 2.14. The predicted molar refractivity (Wildman–Crippen MR) is 156 cm³/mol. The van der Waals surface area contributed by atoms with Crippen LogP contribution in [0, 0.1) is 5.92 Å². The Hall–Kier alpha value is -2.04. The number of nitrogens with one attached hydrogen (secondary N) is 2. The number of alkyl carbamates (subject to hydrolysis) is 1. The van der Waals surface area contributed by atoms with Gasteiger partial charge in [-0.2, -0.15) is 0 Å². The van der Waals surface area contributed by atoms with Gasteiger partial charge < -0.3 is 15.4 Å². The molecule has 0 radical (unpaired) electrons. The minimum absolute atomic E-state index is 0.0371. The minimum Gasteiger partial charge on any atom is -0.445 e. The quantitative estimate of drug-likeness (QED) is 0.143. The minimum atomic E-state index is -0.575. The maximum absolute atomic E-state index is 12.7. The summed E-state index contributed by atoms with van der Waals surface area (Å²) in [6, 6.07) is 8.98. The molecular formula is C32H56N2O3. The Morgan fingerprint density at radius 2 is 1.22 bits per heavy atom. The first-order valence-corrected chi connectivity index (χ1v) is 15.3. The van der Waals surface area contributed by atoms with Crippen LogP contribution in [0.3, 0.4) is 0 Å². The van der Waals surface area contributed by atoms with Gasteiger partial charge in [0, 0.05) is 6.54 Å². The van der Waals surface area contributed by atoms with Crippen molar-refractivity contribution in [1.82, 2.24) is 10.6 Å². The van der Waals surface area contributed by atoms with Crippen LogP contribution in [-0.2, 0) is 16.1 Å². The summed E-state index contributed by atoms with van der Waals surface area (Å²) in [5, 5.41) is 5.79. The van der Waals surface area contributed by atoms with Gasteiger partial charge in [-0.3, -0.25) is 4.79 Å². The number of benzene rings is 1. The molecule has 1 rings (SSSR count). The highest BCUT2D eigenvalue weighted by Gasteiger charge is 2.26. The average molecular weight is 517 g/mol. The van der Waals surface area contributed by atoms with Crippen LogP contribution in [0.4, 0.5) is 4.79 Å². The first-order chi connectivity index (χ1) is 18.1. The van der Waals surface area contributed by atoms with Crippen LogP contribution < -0.4 is 10.6 Å². The number of carbonyl (C=O) groups is 2. The molecule has 5 heteroatoms. The number of hydrogen-bond acceptors (Lipinski definition) is 3. The SMILES string of the molecule is CCCCCCCCCCCCCCCCCCNC(=O)[C@@H](NC(=O)OCc1ccccc1)[C@@H](C)CC. The lowest BCUT2D eigenvalue weighted by Crippen LogP contribution is -2.50. The van der Waals surface area contributed by atoms with Crippen LogP contribution in [-0.4, -0.2) is 24.6 Å². The standard InChI is InChI=1S/C32H56N2O3/c1-4-6-7-8-9-10-11-12-13-14-15-16-17-18-19-23-26-33-31(35)30(28(3)5-2)34-32(36)37-27-29-24-21-20-22-25-29/h20-22,24-25,28,30H,4-19,23,26-27H2,1-3H3,(H,33,35)(H,34,36)/t28-,30-/m0/s1. The van der Waals surface area contributed by atoms with E-state index < -0.39 is 12.1 Å². The van der Waals surface area contributed by atoms with Gasteiger partial charge in [0.05, 0.1) is 0 Å². The molecule has 37 heavy (non-hydrogen) atoms. The van der Waals surface area contributed by atoms with Crippen molar-refractivity contribution in [1.29, 1.82) is 0 Å². The van der Waals surface area contributed by atoms with Gasteiger partial charge in [-0.05, 0) is 17.9 Å². The summed E-state index contributed by atoms with van der Waals surface area (Å²) in [5.74, 6) is -0.0814.